The van der Waals surface area contributed by atoms with Gasteiger partial charge in [-0.3, -0.25) is 9.48 Å². The first-order valence-electron chi connectivity index (χ1n) is 7.16. The highest BCUT2D eigenvalue weighted by molar-refractivity contribution is 5.76. The molecule has 0 bridgehead atoms. The lowest BCUT2D eigenvalue weighted by Crippen LogP contribution is -2.31. The Morgan fingerprint density at radius 2 is 2.00 bits per heavy atom. The number of nitrogens with two attached hydrogens (primary N) is 1. The molecule has 112 valence electrons. The van der Waals surface area contributed by atoms with Crippen molar-refractivity contribution >= 4 is 11.6 Å². The summed E-state index contributed by atoms with van der Waals surface area (Å²) in [6.07, 6.45) is 0.842. The van der Waals surface area contributed by atoms with E-state index in [0.717, 1.165) is 23.4 Å². The smallest absolute Gasteiger partial charge is 0.242 e. The number of amides is 1. The SMILES string of the molecule is CCC(NC(=O)Cn1nc(C)c(N)c1C)c1ccccc1. The molecule has 0 aliphatic carbocycles. The average Bonchev–Trinajstić information content (AvgIpc) is 2.73. The van der Waals surface area contributed by atoms with Gasteiger partial charge < -0.3 is 11.1 Å². The molecular formula is C16H22N4O. The van der Waals surface area contributed by atoms with E-state index in [2.05, 4.69) is 17.3 Å². The highest BCUT2D eigenvalue weighted by atomic mass is 16.2. The van der Waals surface area contributed by atoms with Gasteiger partial charge in [0.15, 0.2) is 0 Å². The van der Waals surface area contributed by atoms with E-state index in [0.29, 0.717) is 5.69 Å². The molecule has 2 aromatic rings. The number of carbonyl (C=O) groups is 1. The van der Waals surface area contributed by atoms with E-state index in [4.69, 9.17) is 5.73 Å². The molecule has 21 heavy (non-hydrogen) atoms. The normalized spacial score (nSPS) is 12.1. The second-order valence-corrected chi connectivity index (χ2v) is 5.18. The molecule has 0 radical (unpaired) electrons. The first-order valence-corrected chi connectivity index (χ1v) is 7.16. The van der Waals surface area contributed by atoms with Crippen LogP contribution in [0.4, 0.5) is 5.69 Å². The third kappa shape index (κ3) is 3.42. The molecule has 0 spiro atoms. The lowest BCUT2D eigenvalue weighted by Gasteiger charge is -2.17. The number of carbonyl (C=O) groups excluding carboxylic acids is 1. The van der Waals surface area contributed by atoms with E-state index in [1.54, 1.807) is 4.68 Å². The molecule has 1 aromatic carbocycles. The van der Waals surface area contributed by atoms with Gasteiger partial charge in [-0.25, -0.2) is 0 Å². The summed E-state index contributed by atoms with van der Waals surface area (Å²) in [7, 11) is 0. The van der Waals surface area contributed by atoms with Gasteiger partial charge in [-0.05, 0) is 25.8 Å². The standard InChI is InChI=1S/C16H22N4O/c1-4-14(13-8-6-5-7-9-13)18-15(21)10-20-12(3)16(17)11(2)19-20/h5-9,14H,4,10,17H2,1-3H3,(H,18,21). The van der Waals surface area contributed by atoms with Crippen LogP contribution in [-0.4, -0.2) is 15.7 Å². The number of aromatic nitrogens is 2. The van der Waals surface area contributed by atoms with Gasteiger partial charge in [-0.15, -0.1) is 0 Å². The van der Waals surface area contributed by atoms with Crippen LogP contribution in [0.25, 0.3) is 0 Å². The molecule has 2 rings (SSSR count). The first kappa shape index (κ1) is 15.1. The monoisotopic (exact) mass is 286 g/mol. The van der Waals surface area contributed by atoms with Crippen molar-refractivity contribution in [3.63, 3.8) is 0 Å². The minimum absolute atomic E-state index is 0.0213. The third-order valence-electron chi connectivity index (χ3n) is 3.68. The Morgan fingerprint density at radius 3 is 2.52 bits per heavy atom. The van der Waals surface area contributed by atoms with E-state index < -0.39 is 0 Å². The maximum absolute atomic E-state index is 12.2. The minimum atomic E-state index is -0.0590. The Morgan fingerprint density at radius 1 is 1.33 bits per heavy atom. The minimum Gasteiger partial charge on any atom is -0.396 e. The van der Waals surface area contributed by atoms with Gasteiger partial charge in [0.25, 0.3) is 0 Å². The Labute approximate surface area is 125 Å². The highest BCUT2D eigenvalue weighted by Crippen LogP contribution is 2.17. The molecule has 1 heterocycles. The summed E-state index contributed by atoms with van der Waals surface area (Å²) >= 11 is 0. The number of hydrogen-bond donors (Lipinski definition) is 2. The molecule has 1 amide bonds. The van der Waals surface area contributed by atoms with Crippen molar-refractivity contribution in [3.8, 4) is 0 Å². The van der Waals surface area contributed by atoms with Crippen LogP contribution >= 0.6 is 0 Å². The summed E-state index contributed by atoms with van der Waals surface area (Å²) in [6.45, 7) is 5.96. The highest BCUT2D eigenvalue weighted by Gasteiger charge is 2.15. The molecule has 3 N–H and O–H groups in total. The fourth-order valence-corrected chi connectivity index (χ4v) is 2.35. The Hall–Kier alpha value is -2.30. The molecule has 0 saturated heterocycles. The fourth-order valence-electron chi connectivity index (χ4n) is 2.35. The molecule has 5 nitrogen and oxygen atoms in total. The van der Waals surface area contributed by atoms with Crippen LogP contribution in [0.3, 0.4) is 0 Å². The van der Waals surface area contributed by atoms with Gasteiger partial charge in [-0.1, -0.05) is 37.3 Å². The molecule has 0 aliphatic rings. The zero-order valence-electron chi connectivity index (χ0n) is 12.8. The van der Waals surface area contributed by atoms with E-state index in [9.17, 15) is 4.79 Å². The van der Waals surface area contributed by atoms with Crippen molar-refractivity contribution in [1.29, 1.82) is 0 Å². The largest absolute Gasteiger partial charge is 0.396 e. The summed E-state index contributed by atoms with van der Waals surface area (Å²) in [4.78, 5) is 12.2. The van der Waals surface area contributed by atoms with Crippen LogP contribution < -0.4 is 11.1 Å². The molecule has 5 heteroatoms. The number of nitrogens with one attached hydrogen (secondary N) is 1. The average molecular weight is 286 g/mol. The van der Waals surface area contributed by atoms with Crippen LogP contribution in [0.1, 0.15) is 36.3 Å². The van der Waals surface area contributed by atoms with Crippen LogP contribution in [-0.2, 0) is 11.3 Å². The van der Waals surface area contributed by atoms with Crippen LogP contribution in [0.15, 0.2) is 30.3 Å². The van der Waals surface area contributed by atoms with Crippen molar-refractivity contribution in [2.24, 2.45) is 0 Å². The number of aryl methyl sites for hydroxylation is 1. The Balaban J connectivity index is 2.05. The summed E-state index contributed by atoms with van der Waals surface area (Å²) in [5, 5.41) is 7.33. The van der Waals surface area contributed by atoms with Gasteiger partial charge in [0.05, 0.1) is 23.1 Å². The molecule has 0 aliphatic heterocycles. The number of hydrogen-bond acceptors (Lipinski definition) is 3. The Bertz CT molecular complexity index is 619. The summed E-state index contributed by atoms with van der Waals surface area (Å²) in [5.74, 6) is -0.0590. The van der Waals surface area contributed by atoms with E-state index in [1.807, 2.05) is 44.2 Å². The lowest BCUT2D eigenvalue weighted by molar-refractivity contribution is -0.122. The number of benzene rings is 1. The van der Waals surface area contributed by atoms with Gasteiger partial charge >= 0.3 is 0 Å². The summed E-state index contributed by atoms with van der Waals surface area (Å²) in [5.41, 5.74) is 9.23. The second-order valence-electron chi connectivity index (χ2n) is 5.18. The van der Waals surface area contributed by atoms with Crippen LogP contribution in [0.2, 0.25) is 0 Å². The molecule has 1 aromatic heterocycles. The molecule has 1 atom stereocenters. The first-order chi connectivity index (χ1) is 10.0. The van der Waals surface area contributed by atoms with Crippen molar-refractivity contribution in [2.45, 2.75) is 39.8 Å². The van der Waals surface area contributed by atoms with Crippen molar-refractivity contribution in [1.82, 2.24) is 15.1 Å². The number of anilines is 1. The predicted octanol–water partition coefficient (Wildman–Crippen LogP) is 2.35. The third-order valence-corrected chi connectivity index (χ3v) is 3.68. The maximum Gasteiger partial charge on any atom is 0.242 e. The van der Waals surface area contributed by atoms with Crippen molar-refractivity contribution < 1.29 is 4.79 Å². The van der Waals surface area contributed by atoms with Gasteiger partial charge in [0, 0.05) is 0 Å². The summed E-state index contributed by atoms with van der Waals surface area (Å²) in [6, 6.07) is 9.99. The van der Waals surface area contributed by atoms with Gasteiger partial charge in [0.1, 0.15) is 6.54 Å². The molecular weight excluding hydrogens is 264 g/mol. The van der Waals surface area contributed by atoms with Gasteiger partial charge in [-0.2, -0.15) is 5.10 Å². The predicted molar refractivity (Wildman–Crippen MR) is 83.7 cm³/mol. The zero-order chi connectivity index (χ0) is 15.4. The van der Waals surface area contributed by atoms with Crippen LogP contribution in [0.5, 0.6) is 0 Å². The van der Waals surface area contributed by atoms with E-state index in [-0.39, 0.29) is 18.5 Å². The van der Waals surface area contributed by atoms with E-state index >= 15 is 0 Å². The molecule has 0 fully saturated rings. The number of nitrogens with zero attached hydrogens (tertiary/aromatic N) is 2. The maximum atomic E-state index is 12.2. The molecule has 1 unspecified atom stereocenters. The van der Waals surface area contributed by atoms with Crippen molar-refractivity contribution in [2.75, 3.05) is 5.73 Å². The van der Waals surface area contributed by atoms with E-state index in [1.165, 1.54) is 0 Å². The zero-order valence-corrected chi connectivity index (χ0v) is 12.8. The fraction of sp³-hybridized carbons (Fsp3) is 0.375. The quantitative estimate of drug-likeness (QED) is 0.886. The lowest BCUT2D eigenvalue weighted by atomic mass is 10.0. The van der Waals surface area contributed by atoms with Gasteiger partial charge in [0.2, 0.25) is 5.91 Å². The Kier molecular flexibility index (Phi) is 4.62. The second kappa shape index (κ2) is 6.43. The molecule has 0 saturated carbocycles. The van der Waals surface area contributed by atoms with Crippen LogP contribution in [0, 0.1) is 13.8 Å². The number of rotatable bonds is 5. The topological polar surface area (TPSA) is 72.9 Å². The number of nitrogen functional groups attached to an aromatic ring is 1. The van der Waals surface area contributed by atoms with Crippen molar-refractivity contribution in [3.05, 3.63) is 47.3 Å². The summed E-state index contributed by atoms with van der Waals surface area (Å²) < 4.78 is 1.65.